The molecule has 0 spiro atoms. The van der Waals surface area contributed by atoms with Crippen LogP contribution in [0.5, 0.6) is 0 Å². The molecule has 35 heavy (non-hydrogen) atoms. The van der Waals surface area contributed by atoms with Gasteiger partial charge in [-0.1, -0.05) is 38.8 Å². The summed E-state index contributed by atoms with van der Waals surface area (Å²) in [4.78, 5) is 16.1. The highest BCUT2D eigenvalue weighted by Gasteiger charge is 2.62. The molecule has 1 saturated heterocycles. The molecule has 5 rings (SSSR count). The van der Waals surface area contributed by atoms with Crippen LogP contribution in [-0.4, -0.2) is 61.7 Å². The van der Waals surface area contributed by atoms with Crippen LogP contribution in [0.4, 0.5) is 19.0 Å². The molecule has 2 aliphatic heterocycles. The van der Waals surface area contributed by atoms with E-state index in [0.717, 1.165) is 6.21 Å². The minimum absolute atomic E-state index is 0.0360. The number of hydrogen-bond donors (Lipinski definition) is 1. The first-order chi connectivity index (χ1) is 16.4. The molecule has 0 radical (unpaired) electrons. The van der Waals surface area contributed by atoms with Gasteiger partial charge in [0.05, 0.1) is 12.6 Å². The van der Waals surface area contributed by atoms with E-state index >= 15 is 0 Å². The van der Waals surface area contributed by atoms with E-state index in [1.807, 2.05) is 25.7 Å². The maximum absolute atomic E-state index is 13.9. The van der Waals surface area contributed by atoms with Crippen LogP contribution >= 0.6 is 0 Å². The van der Waals surface area contributed by atoms with Gasteiger partial charge >= 0.3 is 6.18 Å². The van der Waals surface area contributed by atoms with Crippen molar-refractivity contribution >= 4 is 23.2 Å². The number of halogens is 3. The number of anilines is 1. The molecule has 1 fully saturated rings. The van der Waals surface area contributed by atoms with E-state index in [4.69, 9.17) is 11.4 Å². The van der Waals surface area contributed by atoms with Gasteiger partial charge in [-0.05, 0) is 18.1 Å². The molecule has 1 unspecified atom stereocenters. The normalized spacial score (nSPS) is 22.1. The Bertz CT molecular complexity index is 1370. The number of hydrogen-bond acceptors (Lipinski definition) is 7. The summed E-state index contributed by atoms with van der Waals surface area (Å²) in [5, 5.41) is 19.1. The third-order valence-electron chi connectivity index (χ3n) is 6.27. The van der Waals surface area contributed by atoms with Crippen LogP contribution in [0.3, 0.4) is 0 Å². The second kappa shape index (κ2) is 7.75. The molecular formula is C24H24F3N7O. The minimum atomic E-state index is -4.59. The minimum Gasteiger partial charge on any atom is -0.391 e. The molecule has 1 aromatic carbocycles. The summed E-state index contributed by atoms with van der Waals surface area (Å²) < 4.78 is 41.6. The van der Waals surface area contributed by atoms with Crippen molar-refractivity contribution in [2.75, 3.05) is 18.0 Å². The molecule has 11 heteroatoms. The molecule has 8 nitrogen and oxygen atoms in total. The van der Waals surface area contributed by atoms with Gasteiger partial charge in [-0.3, -0.25) is 4.99 Å². The number of aliphatic hydroxyl groups is 1. The molecule has 0 saturated carbocycles. The summed E-state index contributed by atoms with van der Waals surface area (Å²) in [6.07, 6.45) is 2.05. The van der Waals surface area contributed by atoms with Gasteiger partial charge in [0, 0.05) is 35.8 Å². The van der Waals surface area contributed by atoms with Crippen molar-refractivity contribution in [1.29, 1.82) is 0 Å². The Hall–Kier alpha value is -3.52. The van der Waals surface area contributed by atoms with Crippen LogP contribution in [0.1, 0.15) is 49.7 Å². The Labute approximate surface area is 199 Å². The van der Waals surface area contributed by atoms with Gasteiger partial charge in [-0.15, -0.1) is 16.6 Å². The van der Waals surface area contributed by atoms with Gasteiger partial charge in [0.15, 0.2) is 11.3 Å². The van der Waals surface area contributed by atoms with Crippen molar-refractivity contribution in [1.82, 2.24) is 25.0 Å². The Morgan fingerprint density at radius 2 is 1.94 bits per heavy atom. The third-order valence-corrected chi connectivity index (χ3v) is 6.27. The van der Waals surface area contributed by atoms with Crippen molar-refractivity contribution in [3.63, 3.8) is 0 Å². The van der Waals surface area contributed by atoms with Crippen LogP contribution in [0, 0.1) is 12.3 Å². The number of fused-ring (bicyclic) bond motifs is 1. The fourth-order valence-corrected chi connectivity index (χ4v) is 4.29. The predicted molar refractivity (Wildman–Crippen MR) is 124 cm³/mol. The van der Waals surface area contributed by atoms with E-state index in [0.29, 0.717) is 47.9 Å². The van der Waals surface area contributed by atoms with Gasteiger partial charge in [0.25, 0.3) is 0 Å². The molecule has 1 N–H and O–H groups in total. The lowest BCUT2D eigenvalue weighted by Crippen LogP contribution is -2.33. The van der Waals surface area contributed by atoms with Crippen LogP contribution < -0.4 is 4.90 Å². The molecule has 4 heterocycles. The summed E-state index contributed by atoms with van der Waals surface area (Å²) in [6, 6.07) is 4.46. The molecule has 2 aliphatic rings. The fraction of sp³-hybridized carbons (Fsp3) is 0.458. The summed E-state index contributed by atoms with van der Waals surface area (Å²) in [6.45, 7) is 6.83. The number of benzene rings is 1. The van der Waals surface area contributed by atoms with Crippen molar-refractivity contribution in [2.24, 2.45) is 4.99 Å². The van der Waals surface area contributed by atoms with Crippen LogP contribution in [0.25, 0.3) is 11.2 Å². The summed E-state index contributed by atoms with van der Waals surface area (Å²) in [5.41, 5.74) is -1.46. The second-order valence-electron chi connectivity index (χ2n) is 9.91. The topological polar surface area (TPSA) is 92.3 Å². The van der Waals surface area contributed by atoms with Crippen molar-refractivity contribution in [2.45, 2.75) is 57.0 Å². The number of nitrogens with zero attached hydrogens (tertiary/aromatic N) is 7. The number of terminal acetylenes is 1. The fourth-order valence-electron chi connectivity index (χ4n) is 4.29. The Balaban J connectivity index is 1.62. The molecule has 0 amide bonds. The highest BCUT2D eigenvalue weighted by atomic mass is 19.4. The largest absolute Gasteiger partial charge is 0.422 e. The summed E-state index contributed by atoms with van der Waals surface area (Å²) >= 11 is 0. The smallest absolute Gasteiger partial charge is 0.391 e. The maximum atomic E-state index is 13.9. The summed E-state index contributed by atoms with van der Waals surface area (Å²) in [5.74, 6) is 3.58. The first-order valence-corrected chi connectivity index (χ1v) is 11.2. The number of aliphatic imine (C=N–C) groups is 1. The molecule has 3 aromatic rings. The number of aliphatic hydroxyl groups excluding tert-OH is 1. The number of β-amino-alcohol motifs (C(OH)–C–C–N with tert-alkyl or cyclic N) is 1. The SMILES string of the molecule is C#Cc1cccc(C2(C(F)(F)F)C=N2)c1Cn1nc2nc(C(C)(C)C)nc(N3CC[C@H](O)C3)c2n1. The maximum Gasteiger partial charge on any atom is 0.422 e. The van der Waals surface area contributed by atoms with E-state index in [9.17, 15) is 18.3 Å². The van der Waals surface area contributed by atoms with E-state index < -0.39 is 17.8 Å². The summed E-state index contributed by atoms with van der Waals surface area (Å²) in [7, 11) is 0. The van der Waals surface area contributed by atoms with Gasteiger partial charge in [-0.2, -0.15) is 18.0 Å². The first-order valence-electron chi connectivity index (χ1n) is 11.2. The third kappa shape index (κ3) is 3.91. The Morgan fingerprint density at radius 1 is 1.20 bits per heavy atom. The highest BCUT2D eigenvalue weighted by Crippen LogP contribution is 2.49. The van der Waals surface area contributed by atoms with Crippen molar-refractivity contribution < 1.29 is 18.3 Å². The number of rotatable bonds is 4. The number of alkyl halides is 3. The monoisotopic (exact) mass is 483 g/mol. The lowest BCUT2D eigenvalue weighted by atomic mass is 9.89. The van der Waals surface area contributed by atoms with Gasteiger partial charge in [0.1, 0.15) is 5.82 Å². The van der Waals surface area contributed by atoms with Gasteiger partial charge in [0.2, 0.25) is 11.2 Å². The lowest BCUT2D eigenvalue weighted by molar-refractivity contribution is -0.156. The van der Waals surface area contributed by atoms with E-state index in [1.165, 1.54) is 16.9 Å². The van der Waals surface area contributed by atoms with Crippen LogP contribution in [0.15, 0.2) is 23.2 Å². The molecular weight excluding hydrogens is 459 g/mol. The Morgan fingerprint density at radius 3 is 2.51 bits per heavy atom. The lowest BCUT2D eigenvalue weighted by Gasteiger charge is -2.21. The molecule has 2 aromatic heterocycles. The average molecular weight is 483 g/mol. The molecule has 0 aliphatic carbocycles. The van der Waals surface area contributed by atoms with E-state index in [-0.39, 0.29) is 23.1 Å². The zero-order chi connectivity index (χ0) is 25.2. The van der Waals surface area contributed by atoms with Gasteiger partial charge < -0.3 is 10.0 Å². The molecule has 2 atom stereocenters. The van der Waals surface area contributed by atoms with Crippen molar-refractivity contribution in [3.05, 3.63) is 40.7 Å². The zero-order valence-corrected chi connectivity index (χ0v) is 19.5. The predicted octanol–water partition coefficient (Wildman–Crippen LogP) is 2.96. The highest BCUT2D eigenvalue weighted by molar-refractivity contribution is 5.88. The molecule has 0 bridgehead atoms. The Kier molecular flexibility index (Phi) is 5.14. The van der Waals surface area contributed by atoms with Crippen LogP contribution in [0.2, 0.25) is 0 Å². The number of aromatic nitrogens is 5. The zero-order valence-electron chi connectivity index (χ0n) is 19.5. The quantitative estimate of drug-likeness (QED) is 0.574. The van der Waals surface area contributed by atoms with Crippen LogP contribution in [-0.2, 0) is 17.5 Å². The second-order valence-corrected chi connectivity index (χ2v) is 9.91. The average Bonchev–Trinajstić information content (AvgIpc) is 3.34. The van der Waals surface area contributed by atoms with Gasteiger partial charge in [-0.25, -0.2) is 9.97 Å². The van der Waals surface area contributed by atoms with E-state index in [1.54, 1.807) is 6.07 Å². The molecule has 182 valence electrons. The van der Waals surface area contributed by atoms with E-state index in [2.05, 4.69) is 26.1 Å². The van der Waals surface area contributed by atoms with Crippen molar-refractivity contribution in [3.8, 4) is 12.3 Å². The first kappa shape index (κ1) is 23.2. The standard InChI is InChI=1S/C24H24F3N7O/c1-5-14-7-6-8-17(23(13-28-23)24(25,26)27)16(14)12-34-31-18-19(32-34)29-21(22(2,3)4)30-20(18)33-10-9-15(35)11-33/h1,6-8,13,15,35H,9-12H2,2-4H3/t15-,23?/m0/s1.